The largest absolute Gasteiger partial charge is 0.481 e. The van der Waals surface area contributed by atoms with E-state index in [0.29, 0.717) is 12.3 Å². The number of hydrogen-bond donors (Lipinski definition) is 2. The fourth-order valence-corrected chi connectivity index (χ4v) is 3.34. The number of carbonyl (C=O) groups excluding carboxylic acids is 2. The zero-order chi connectivity index (χ0) is 19.7. The number of nitrogens with one attached hydrogen (secondary N) is 1. The first-order chi connectivity index (χ1) is 12.2. The molecule has 1 fully saturated rings. The van der Waals surface area contributed by atoms with Gasteiger partial charge in [-0.2, -0.15) is 0 Å². The van der Waals surface area contributed by atoms with E-state index in [1.807, 2.05) is 18.7 Å². The van der Waals surface area contributed by atoms with Crippen molar-refractivity contribution in [1.82, 2.24) is 10.2 Å². The molecule has 26 heavy (non-hydrogen) atoms. The van der Waals surface area contributed by atoms with Crippen molar-refractivity contribution >= 4 is 17.8 Å². The van der Waals surface area contributed by atoms with Gasteiger partial charge in [-0.15, -0.1) is 0 Å². The Morgan fingerprint density at radius 2 is 1.54 bits per heavy atom. The van der Waals surface area contributed by atoms with Gasteiger partial charge in [-0.05, 0) is 31.1 Å². The number of carboxylic acid groups (broad SMARTS) is 1. The molecule has 0 bridgehead atoms. The molecule has 0 saturated carbocycles. The lowest BCUT2D eigenvalue weighted by Crippen LogP contribution is -2.52. The SMILES string of the molecule is CC(C)CCC(CC(=O)O)C(=O)NC(C(=O)N1CCCCCC1)C(C)C. The Bertz CT molecular complexity index is 468. The number of aliphatic carboxylic acids is 1. The smallest absolute Gasteiger partial charge is 0.304 e. The molecule has 0 aliphatic carbocycles. The van der Waals surface area contributed by atoms with Crippen LogP contribution in [0.25, 0.3) is 0 Å². The van der Waals surface area contributed by atoms with E-state index in [4.69, 9.17) is 5.11 Å². The lowest BCUT2D eigenvalue weighted by Gasteiger charge is -2.30. The lowest BCUT2D eigenvalue weighted by molar-refractivity contribution is -0.142. The van der Waals surface area contributed by atoms with Crippen molar-refractivity contribution in [3.8, 4) is 0 Å². The Morgan fingerprint density at radius 1 is 0.962 bits per heavy atom. The number of likely N-dealkylation sites (tertiary alicyclic amines) is 1. The molecule has 1 saturated heterocycles. The van der Waals surface area contributed by atoms with Crippen LogP contribution in [0.5, 0.6) is 0 Å². The molecule has 0 aromatic carbocycles. The van der Waals surface area contributed by atoms with E-state index in [0.717, 1.165) is 45.2 Å². The van der Waals surface area contributed by atoms with Gasteiger partial charge in [0, 0.05) is 19.0 Å². The van der Waals surface area contributed by atoms with Gasteiger partial charge in [0.1, 0.15) is 6.04 Å². The van der Waals surface area contributed by atoms with E-state index in [1.165, 1.54) is 0 Å². The van der Waals surface area contributed by atoms with Crippen LogP contribution in [0.2, 0.25) is 0 Å². The maximum absolute atomic E-state index is 12.9. The third-order valence-electron chi connectivity index (χ3n) is 5.03. The van der Waals surface area contributed by atoms with Crippen LogP contribution in [0, 0.1) is 17.8 Å². The Hall–Kier alpha value is -1.59. The molecule has 1 aliphatic heterocycles. The highest BCUT2D eigenvalue weighted by Gasteiger charge is 2.31. The van der Waals surface area contributed by atoms with Crippen LogP contribution >= 0.6 is 0 Å². The summed E-state index contributed by atoms with van der Waals surface area (Å²) in [6.07, 6.45) is 5.40. The second-order valence-corrected chi connectivity index (χ2v) is 8.24. The third-order valence-corrected chi connectivity index (χ3v) is 5.03. The number of nitrogens with zero attached hydrogens (tertiary/aromatic N) is 1. The van der Waals surface area contributed by atoms with Crippen molar-refractivity contribution in [2.45, 2.75) is 78.7 Å². The number of amides is 2. The van der Waals surface area contributed by atoms with Crippen molar-refractivity contribution in [1.29, 1.82) is 0 Å². The van der Waals surface area contributed by atoms with Crippen LogP contribution < -0.4 is 5.32 Å². The van der Waals surface area contributed by atoms with Crippen molar-refractivity contribution in [2.75, 3.05) is 13.1 Å². The molecule has 2 N–H and O–H groups in total. The number of rotatable bonds is 9. The summed E-state index contributed by atoms with van der Waals surface area (Å²) in [6, 6.07) is -0.587. The molecule has 0 spiro atoms. The Kier molecular flexibility index (Phi) is 9.66. The molecule has 0 aromatic heterocycles. The van der Waals surface area contributed by atoms with Gasteiger partial charge in [0.15, 0.2) is 0 Å². The summed E-state index contributed by atoms with van der Waals surface area (Å²) in [6.45, 7) is 9.42. The Labute approximate surface area is 157 Å². The summed E-state index contributed by atoms with van der Waals surface area (Å²) < 4.78 is 0. The van der Waals surface area contributed by atoms with E-state index in [-0.39, 0.29) is 24.2 Å². The summed E-state index contributed by atoms with van der Waals surface area (Å²) in [7, 11) is 0. The van der Waals surface area contributed by atoms with Gasteiger partial charge in [-0.3, -0.25) is 14.4 Å². The molecule has 1 rings (SSSR count). The predicted octanol–water partition coefficient (Wildman–Crippen LogP) is 3.06. The molecular formula is C20H36N2O4. The van der Waals surface area contributed by atoms with E-state index in [2.05, 4.69) is 19.2 Å². The molecule has 0 radical (unpaired) electrons. The van der Waals surface area contributed by atoms with Crippen LogP contribution in [0.15, 0.2) is 0 Å². The van der Waals surface area contributed by atoms with Crippen LogP contribution in [0.1, 0.15) is 72.6 Å². The first kappa shape index (κ1) is 22.5. The van der Waals surface area contributed by atoms with Crippen LogP contribution in [-0.2, 0) is 14.4 Å². The second-order valence-electron chi connectivity index (χ2n) is 8.24. The molecule has 0 aromatic rings. The maximum atomic E-state index is 12.9. The molecule has 1 aliphatic rings. The standard InChI is InChI=1S/C20H36N2O4/c1-14(2)9-10-16(13-17(23)24)19(25)21-18(15(3)4)20(26)22-11-7-5-6-8-12-22/h14-16,18H,5-13H2,1-4H3,(H,21,25)(H,23,24). The highest BCUT2D eigenvalue weighted by Crippen LogP contribution is 2.18. The predicted molar refractivity (Wildman–Crippen MR) is 102 cm³/mol. The lowest BCUT2D eigenvalue weighted by atomic mass is 9.93. The minimum atomic E-state index is -0.978. The molecule has 6 nitrogen and oxygen atoms in total. The van der Waals surface area contributed by atoms with Gasteiger partial charge in [-0.25, -0.2) is 0 Å². The van der Waals surface area contributed by atoms with Gasteiger partial charge in [0.2, 0.25) is 11.8 Å². The zero-order valence-electron chi connectivity index (χ0n) is 16.8. The first-order valence-electron chi connectivity index (χ1n) is 10.0. The topological polar surface area (TPSA) is 86.7 Å². The second kappa shape index (κ2) is 11.2. The fraction of sp³-hybridized carbons (Fsp3) is 0.850. The number of carbonyl (C=O) groups is 3. The van der Waals surface area contributed by atoms with Crippen molar-refractivity contribution in [3.05, 3.63) is 0 Å². The molecule has 2 amide bonds. The van der Waals surface area contributed by atoms with Gasteiger partial charge in [0.25, 0.3) is 0 Å². The Morgan fingerprint density at radius 3 is 2.00 bits per heavy atom. The van der Waals surface area contributed by atoms with Crippen LogP contribution in [-0.4, -0.2) is 46.9 Å². The molecular weight excluding hydrogens is 332 g/mol. The van der Waals surface area contributed by atoms with E-state index < -0.39 is 17.9 Å². The quantitative estimate of drug-likeness (QED) is 0.655. The normalized spacial score (nSPS) is 17.7. The van der Waals surface area contributed by atoms with Crippen molar-refractivity contribution < 1.29 is 19.5 Å². The average molecular weight is 369 g/mol. The molecule has 1 heterocycles. The zero-order valence-corrected chi connectivity index (χ0v) is 16.8. The summed E-state index contributed by atoms with van der Waals surface area (Å²) >= 11 is 0. The minimum absolute atomic E-state index is 0.0341. The van der Waals surface area contributed by atoms with Gasteiger partial charge in [-0.1, -0.05) is 47.0 Å². The van der Waals surface area contributed by atoms with Crippen LogP contribution in [0.4, 0.5) is 0 Å². The maximum Gasteiger partial charge on any atom is 0.304 e. The van der Waals surface area contributed by atoms with Gasteiger partial charge < -0.3 is 15.3 Å². The van der Waals surface area contributed by atoms with Crippen LogP contribution in [0.3, 0.4) is 0 Å². The number of carboxylic acids is 1. The molecule has 6 heteroatoms. The van der Waals surface area contributed by atoms with Crippen molar-refractivity contribution in [2.24, 2.45) is 17.8 Å². The molecule has 2 unspecified atom stereocenters. The van der Waals surface area contributed by atoms with E-state index in [9.17, 15) is 14.4 Å². The summed E-state index contributed by atoms with van der Waals surface area (Å²) in [5, 5.41) is 12.0. The summed E-state index contributed by atoms with van der Waals surface area (Å²) in [5.41, 5.74) is 0. The fourth-order valence-electron chi connectivity index (χ4n) is 3.34. The van der Waals surface area contributed by atoms with E-state index >= 15 is 0 Å². The highest BCUT2D eigenvalue weighted by molar-refractivity contribution is 5.90. The van der Waals surface area contributed by atoms with Gasteiger partial charge >= 0.3 is 5.97 Å². The molecule has 2 atom stereocenters. The highest BCUT2D eigenvalue weighted by atomic mass is 16.4. The number of hydrogen-bond acceptors (Lipinski definition) is 3. The average Bonchev–Trinajstić information content (AvgIpc) is 2.84. The van der Waals surface area contributed by atoms with Crippen molar-refractivity contribution in [3.63, 3.8) is 0 Å². The van der Waals surface area contributed by atoms with Gasteiger partial charge in [0.05, 0.1) is 6.42 Å². The minimum Gasteiger partial charge on any atom is -0.481 e. The molecule has 150 valence electrons. The summed E-state index contributed by atoms with van der Waals surface area (Å²) in [4.78, 5) is 38.7. The third kappa shape index (κ3) is 7.75. The first-order valence-corrected chi connectivity index (χ1v) is 10.0. The summed E-state index contributed by atoms with van der Waals surface area (Å²) in [5.74, 6) is -1.55. The van der Waals surface area contributed by atoms with E-state index in [1.54, 1.807) is 0 Å². The monoisotopic (exact) mass is 368 g/mol. The Balaban J connectivity index is 2.79.